The van der Waals surface area contributed by atoms with Crippen LogP contribution in [-0.2, 0) is 9.59 Å². The molecular weight excluding hydrogens is 312 g/mol. The Morgan fingerprint density at radius 3 is 2.75 bits per heavy atom. The van der Waals surface area contributed by atoms with Crippen molar-refractivity contribution in [3.63, 3.8) is 0 Å². The summed E-state index contributed by atoms with van der Waals surface area (Å²) in [5.74, 6) is 0.294. The van der Waals surface area contributed by atoms with Crippen LogP contribution < -0.4 is 15.4 Å². The molecule has 0 aliphatic carbocycles. The average molecular weight is 336 g/mol. The quantitative estimate of drug-likeness (QED) is 0.473. The van der Waals surface area contributed by atoms with E-state index in [1.165, 1.54) is 0 Å². The van der Waals surface area contributed by atoms with Crippen LogP contribution in [0.2, 0.25) is 0 Å². The summed E-state index contributed by atoms with van der Waals surface area (Å²) in [6.07, 6.45) is 5.25. The Hall–Kier alpha value is -2.54. The molecule has 0 fully saturated rings. The van der Waals surface area contributed by atoms with Gasteiger partial charge in [0.2, 0.25) is 11.8 Å². The summed E-state index contributed by atoms with van der Waals surface area (Å²) in [7, 11) is 1.56. The van der Waals surface area contributed by atoms with Gasteiger partial charge in [0, 0.05) is 18.5 Å². The van der Waals surface area contributed by atoms with Crippen LogP contribution in [0.5, 0.6) is 11.5 Å². The number of methoxy groups -OCH3 is 1. The number of amides is 2. The van der Waals surface area contributed by atoms with E-state index in [1.807, 2.05) is 6.08 Å². The second kappa shape index (κ2) is 11.1. The second-order valence-electron chi connectivity index (χ2n) is 5.07. The Bertz CT molecular complexity index is 572. The van der Waals surface area contributed by atoms with Crippen molar-refractivity contribution in [3.05, 3.63) is 29.8 Å². The third kappa shape index (κ3) is 7.64. The zero-order valence-electron chi connectivity index (χ0n) is 13.7. The molecule has 4 N–H and O–H groups in total. The lowest BCUT2D eigenvalue weighted by molar-refractivity contribution is -0.126. The molecule has 0 aromatic heterocycles. The number of aliphatic hydroxyl groups excluding tert-OH is 1. The normalized spacial score (nSPS) is 10.6. The average Bonchev–Trinajstić information content (AvgIpc) is 2.59. The Morgan fingerprint density at radius 2 is 2.04 bits per heavy atom. The maximum absolute atomic E-state index is 11.6. The van der Waals surface area contributed by atoms with Crippen LogP contribution in [0.4, 0.5) is 0 Å². The summed E-state index contributed by atoms with van der Waals surface area (Å²) in [5, 5.41) is 23.3. The number of unbranched alkanes of at least 4 members (excludes halogenated alkanes) is 1. The van der Waals surface area contributed by atoms with E-state index < -0.39 is 0 Å². The molecule has 1 aromatic carbocycles. The molecule has 7 heteroatoms. The largest absolute Gasteiger partial charge is 0.507 e. The first-order valence-electron chi connectivity index (χ1n) is 7.74. The first-order chi connectivity index (χ1) is 11.6. The number of ether oxygens (including phenoxy) is 1. The van der Waals surface area contributed by atoms with E-state index >= 15 is 0 Å². The van der Waals surface area contributed by atoms with Gasteiger partial charge in [-0.3, -0.25) is 9.59 Å². The predicted molar refractivity (Wildman–Crippen MR) is 90.6 cm³/mol. The van der Waals surface area contributed by atoms with Gasteiger partial charge in [0.05, 0.1) is 20.3 Å². The number of hydrogen-bond acceptors (Lipinski definition) is 5. The van der Waals surface area contributed by atoms with Crippen LogP contribution >= 0.6 is 0 Å². The Kier molecular flexibility index (Phi) is 8.99. The fraction of sp³-hybridized carbons (Fsp3) is 0.412. The summed E-state index contributed by atoms with van der Waals surface area (Å²) >= 11 is 0. The summed E-state index contributed by atoms with van der Waals surface area (Å²) in [4.78, 5) is 22.8. The molecule has 1 aromatic rings. The second-order valence-corrected chi connectivity index (χ2v) is 5.07. The highest BCUT2D eigenvalue weighted by Crippen LogP contribution is 2.24. The lowest BCUT2D eigenvalue weighted by Crippen LogP contribution is -2.37. The molecule has 0 saturated carbocycles. The highest BCUT2D eigenvalue weighted by Gasteiger charge is 2.04. The van der Waals surface area contributed by atoms with Crippen molar-refractivity contribution in [2.45, 2.75) is 19.3 Å². The number of phenols is 1. The lowest BCUT2D eigenvalue weighted by atomic mass is 10.1. The third-order valence-electron chi connectivity index (χ3n) is 3.19. The predicted octanol–water partition coefficient (Wildman–Crippen LogP) is 0.809. The highest BCUT2D eigenvalue weighted by atomic mass is 16.5. The Morgan fingerprint density at radius 1 is 1.25 bits per heavy atom. The summed E-state index contributed by atoms with van der Waals surface area (Å²) < 4.78 is 5.10. The Labute approximate surface area is 141 Å². The van der Waals surface area contributed by atoms with Gasteiger partial charge >= 0.3 is 0 Å². The molecule has 0 aliphatic rings. The number of carbonyl (C=O) groups is 2. The zero-order chi connectivity index (χ0) is 17.8. The fourth-order valence-corrected chi connectivity index (χ4v) is 1.91. The number of benzene rings is 1. The molecule has 0 saturated heterocycles. The highest BCUT2D eigenvalue weighted by molar-refractivity contribution is 5.84. The summed E-state index contributed by atoms with van der Waals surface area (Å²) in [6.45, 7) is -0.0438. The molecule has 1 rings (SSSR count). The number of phenolic OH excluding ortho intramolecular Hbond substituents is 1. The minimum absolute atomic E-state index is 0.0909. The monoisotopic (exact) mass is 336 g/mol. The third-order valence-corrected chi connectivity index (χ3v) is 3.19. The molecule has 0 unspecified atom stereocenters. The van der Waals surface area contributed by atoms with Crippen molar-refractivity contribution < 1.29 is 24.5 Å². The maximum atomic E-state index is 11.6. The minimum Gasteiger partial charge on any atom is -0.507 e. The number of nitrogens with one attached hydrogen (secondary N) is 2. The van der Waals surface area contributed by atoms with Crippen molar-refractivity contribution in [2.24, 2.45) is 0 Å². The van der Waals surface area contributed by atoms with Gasteiger partial charge in [-0.1, -0.05) is 12.2 Å². The van der Waals surface area contributed by atoms with Gasteiger partial charge in [0.1, 0.15) is 11.5 Å². The molecule has 0 aliphatic heterocycles. The molecule has 0 radical (unpaired) electrons. The van der Waals surface area contributed by atoms with Crippen molar-refractivity contribution in [1.82, 2.24) is 10.6 Å². The van der Waals surface area contributed by atoms with Crippen LogP contribution in [-0.4, -0.2) is 48.8 Å². The van der Waals surface area contributed by atoms with Gasteiger partial charge in [-0.2, -0.15) is 0 Å². The van der Waals surface area contributed by atoms with Crippen LogP contribution in [0.1, 0.15) is 24.8 Å². The van der Waals surface area contributed by atoms with E-state index in [9.17, 15) is 14.7 Å². The van der Waals surface area contributed by atoms with Gasteiger partial charge < -0.3 is 25.6 Å². The van der Waals surface area contributed by atoms with Crippen molar-refractivity contribution in [2.75, 3.05) is 26.8 Å². The standard InChI is InChI=1S/C17H24N2O5/c1-24-14-7-8-15(21)13(11-14)5-3-2-4-6-16(22)19-12-17(23)18-9-10-20/h3,5,7-8,11,20-21H,2,4,6,9-10,12H2,1H3,(H,18,23)(H,19,22)/b5-3+. The number of rotatable bonds is 10. The van der Waals surface area contributed by atoms with E-state index in [-0.39, 0.29) is 37.3 Å². The van der Waals surface area contributed by atoms with E-state index in [1.54, 1.807) is 31.4 Å². The minimum atomic E-state index is -0.328. The molecule has 2 amide bonds. The van der Waals surface area contributed by atoms with Crippen molar-refractivity contribution in [1.29, 1.82) is 0 Å². The smallest absolute Gasteiger partial charge is 0.239 e. The lowest BCUT2D eigenvalue weighted by Gasteiger charge is -2.05. The zero-order valence-corrected chi connectivity index (χ0v) is 13.7. The molecule has 0 bridgehead atoms. The van der Waals surface area contributed by atoms with Crippen LogP contribution in [0.25, 0.3) is 6.08 Å². The van der Waals surface area contributed by atoms with E-state index in [0.29, 0.717) is 30.6 Å². The molecule has 0 spiro atoms. The molecule has 7 nitrogen and oxygen atoms in total. The number of carbonyl (C=O) groups excluding carboxylic acids is 2. The molecule has 24 heavy (non-hydrogen) atoms. The summed E-state index contributed by atoms with van der Waals surface area (Å²) in [5.41, 5.74) is 0.652. The number of allylic oxidation sites excluding steroid dienone is 1. The van der Waals surface area contributed by atoms with Crippen LogP contribution in [0, 0.1) is 0 Å². The Balaban J connectivity index is 2.25. The van der Waals surface area contributed by atoms with Gasteiger partial charge in [0.15, 0.2) is 0 Å². The maximum Gasteiger partial charge on any atom is 0.239 e. The first-order valence-corrected chi connectivity index (χ1v) is 7.74. The number of aliphatic hydroxyl groups is 1. The van der Waals surface area contributed by atoms with Gasteiger partial charge in [0.25, 0.3) is 0 Å². The van der Waals surface area contributed by atoms with E-state index in [2.05, 4.69) is 10.6 Å². The van der Waals surface area contributed by atoms with Crippen LogP contribution in [0.15, 0.2) is 24.3 Å². The molecule has 132 valence electrons. The van der Waals surface area contributed by atoms with E-state index in [0.717, 1.165) is 0 Å². The topological polar surface area (TPSA) is 108 Å². The van der Waals surface area contributed by atoms with E-state index in [4.69, 9.17) is 9.84 Å². The van der Waals surface area contributed by atoms with Crippen molar-refractivity contribution in [3.8, 4) is 11.5 Å². The van der Waals surface area contributed by atoms with Gasteiger partial charge in [-0.15, -0.1) is 0 Å². The van der Waals surface area contributed by atoms with Crippen LogP contribution in [0.3, 0.4) is 0 Å². The fourth-order valence-electron chi connectivity index (χ4n) is 1.91. The van der Waals surface area contributed by atoms with Gasteiger partial charge in [-0.25, -0.2) is 0 Å². The molecule has 0 atom stereocenters. The first kappa shape index (κ1) is 19.5. The van der Waals surface area contributed by atoms with Gasteiger partial charge in [-0.05, 0) is 31.0 Å². The molecular formula is C17H24N2O5. The summed E-state index contributed by atoms with van der Waals surface area (Å²) in [6, 6.07) is 4.96. The SMILES string of the molecule is COc1ccc(O)c(/C=C/CCCC(=O)NCC(=O)NCCO)c1. The number of aromatic hydroxyl groups is 1. The molecule has 0 heterocycles. The van der Waals surface area contributed by atoms with Crippen molar-refractivity contribution >= 4 is 17.9 Å². The number of hydrogen-bond donors (Lipinski definition) is 4.